The molecule has 2 atom stereocenters. The first-order chi connectivity index (χ1) is 4.36. The third-order valence-electron chi connectivity index (χ3n) is 1.88. The molecule has 0 aromatic heterocycles. The summed E-state index contributed by atoms with van der Waals surface area (Å²) in [5, 5.41) is 3.17. The van der Waals surface area contributed by atoms with Crippen LogP contribution in [0.15, 0.2) is 0 Å². The van der Waals surface area contributed by atoms with Gasteiger partial charge in [0.2, 0.25) is 6.29 Å². The molecule has 1 saturated heterocycles. The molecule has 51 valence electrons. The lowest BCUT2D eigenvalue weighted by molar-refractivity contribution is 0.519. The fourth-order valence-electron chi connectivity index (χ4n) is 1.23. The van der Waals surface area contributed by atoms with Crippen molar-refractivity contribution in [3.8, 4) is 0 Å². The summed E-state index contributed by atoms with van der Waals surface area (Å²) in [5.74, 6) is 0. The fraction of sp³-hybridized carbons (Fsp3) is 0.857. The maximum Gasteiger partial charge on any atom is 0.216 e. The Bertz CT molecular complexity index is 103. The molecule has 1 aliphatic heterocycles. The summed E-state index contributed by atoms with van der Waals surface area (Å²) in [6, 6.07) is 0.589. The van der Waals surface area contributed by atoms with Crippen LogP contribution in [-0.4, -0.2) is 18.4 Å². The summed E-state index contributed by atoms with van der Waals surface area (Å²) in [6.07, 6.45) is 5.20. The quantitative estimate of drug-likeness (QED) is 0.588. The molecule has 1 heterocycles. The van der Waals surface area contributed by atoms with Gasteiger partial charge in [0.1, 0.15) is 0 Å². The summed E-state index contributed by atoms with van der Waals surface area (Å²) < 4.78 is 0. The Kier molecular flexibility index (Phi) is 2.22. The Morgan fingerprint density at radius 2 is 2.44 bits per heavy atom. The minimum atomic E-state index is 0.0231. The normalized spacial score (nSPS) is 34.8. The molecule has 1 fully saturated rings. The Morgan fingerprint density at radius 1 is 1.67 bits per heavy atom. The number of hydrogen-bond donors (Lipinski definition) is 1. The van der Waals surface area contributed by atoms with Crippen molar-refractivity contribution < 1.29 is 4.79 Å². The van der Waals surface area contributed by atoms with E-state index in [0.717, 1.165) is 19.3 Å². The van der Waals surface area contributed by atoms with E-state index in [-0.39, 0.29) is 6.04 Å². The van der Waals surface area contributed by atoms with Gasteiger partial charge in [0, 0.05) is 6.04 Å². The summed E-state index contributed by atoms with van der Waals surface area (Å²) in [7, 11) is 0. The molecule has 2 heteroatoms. The lowest BCUT2D eigenvalue weighted by Crippen LogP contribution is -2.29. The van der Waals surface area contributed by atoms with Crippen LogP contribution in [0.25, 0.3) is 0 Å². The molecular weight excluding hydrogens is 114 g/mol. The van der Waals surface area contributed by atoms with Crippen LogP contribution in [0.3, 0.4) is 0 Å². The van der Waals surface area contributed by atoms with Gasteiger partial charge in [0.05, 0.1) is 6.04 Å². The van der Waals surface area contributed by atoms with Gasteiger partial charge in [-0.2, -0.15) is 0 Å². The lowest BCUT2D eigenvalue weighted by atomic mass is 10.2. The molecule has 0 aromatic rings. The largest absolute Gasteiger partial charge is 0.304 e. The summed E-state index contributed by atoms with van der Waals surface area (Å²) >= 11 is 0. The van der Waals surface area contributed by atoms with E-state index in [1.807, 2.05) is 6.29 Å². The number of hydrogen-bond acceptors (Lipinski definition) is 2. The van der Waals surface area contributed by atoms with E-state index in [1.165, 1.54) is 0 Å². The maximum absolute atomic E-state index is 10.1. The topological polar surface area (TPSA) is 29.1 Å². The maximum atomic E-state index is 10.1. The van der Waals surface area contributed by atoms with Crippen molar-refractivity contribution in [1.82, 2.24) is 5.32 Å². The van der Waals surface area contributed by atoms with E-state index in [2.05, 4.69) is 12.2 Å². The van der Waals surface area contributed by atoms with Crippen molar-refractivity contribution in [2.45, 2.75) is 38.3 Å². The first-order valence-corrected chi connectivity index (χ1v) is 3.50. The van der Waals surface area contributed by atoms with Crippen LogP contribution in [0.5, 0.6) is 0 Å². The van der Waals surface area contributed by atoms with Crippen molar-refractivity contribution in [2.24, 2.45) is 0 Å². The molecule has 0 aromatic carbocycles. The van der Waals surface area contributed by atoms with Gasteiger partial charge in [0.25, 0.3) is 0 Å². The van der Waals surface area contributed by atoms with E-state index in [1.54, 1.807) is 0 Å². The zero-order valence-electron chi connectivity index (χ0n) is 5.68. The standard InChI is InChI=1S/C7H12NO/c1-2-6-3-4-7(5-9)8-6/h6-8H,2-4H2,1H3. The van der Waals surface area contributed by atoms with Crippen LogP contribution in [0, 0.1) is 0 Å². The highest BCUT2D eigenvalue weighted by molar-refractivity contribution is 5.59. The zero-order chi connectivity index (χ0) is 6.69. The molecule has 1 radical (unpaired) electrons. The van der Waals surface area contributed by atoms with E-state index in [4.69, 9.17) is 0 Å². The molecule has 0 amide bonds. The van der Waals surface area contributed by atoms with Crippen molar-refractivity contribution in [2.75, 3.05) is 0 Å². The van der Waals surface area contributed by atoms with Crippen LogP contribution in [0.2, 0.25) is 0 Å². The lowest BCUT2D eigenvalue weighted by Gasteiger charge is -2.05. The predicted octanol–water partition coefficient (Wildman–Crippen LogP) is 0.627. The van der Waals surface area contributed by atoms with Crippen LogP contribution < -0.4 is 5.32 Å². The van der Waals surface area contributed by atoms with Gasteiger partial charge in [-0.15, -0.1) is 0 Å². The average molecular weight is 126 g/mol. The van der Waals surface area contributed by atoms with E-state index < -0.39 is 0 Å². The molecular formula is C7H12NO. The first kappa shape index (κ1) is 6.75. The summed E-state index contributed by atoms with van der Waals surface area (Å²) in [5.41, 5.74) is 0. The number of rotatable bonds is 2. The molecule has 1 rings (SSSR count). The second-order valence-corrected chi connectivity index (χ2v) is 2.52. The second kappa shape index (κ2) is 2.97. The predicted molar refractivity (Wildman–Crippen MR) is 35.9 cm³/mol. The Balaban J connectivity index is 2.28. The minimum absolute atomic E-state index is 0.0231. The number of carbonyl (C=O) groups excluding carboxylic acids is 1. The van der Waals surface area contributed by atoms with E-state index in [0.29, 0.717) is 6.04 Å². The molecule has 0 bridgehead atoms. The van der Waals surface area contributed by atoms with Crippen LogP contribution in [0.1, 0.15) is 26.2 Å². The highest BCUT2D eigenvalue weighted by atomic mass is 16.1. The van der Waals surface area contributed by atoms with E-state index >= 15 is 0 Å². The monoisotopic (exact) mass is 126 g/mol. The van der Waals surface area contributed by atoms with Crippen LogP contribution >= 0.6 is 0 Å². The van der Waals surface area contributed by atoms with Crippen LogP contribution in [0.4, 0.5) is 0 Å². The Hall–Kier alpha value is -0.370. The molecule has 0 aliphatic carbocycles. The molecule has 0 saturated carbocycles. The SMILES string of the molecule is CCC1CCC([C]=O)N1. The number of nitrogens with one attached hydrogen (secondary N) is 1. The Labute approximate surface area is 55.6 Å². The molecule has 1 N–H and O–H groups in total. The van der Waals surface area contributed by atoms with Gasteiger partial charge in [-0.25, -0.2) is 0 Å². The summed E-state index contributed by atoms with van der Waals surface area (Å²) in [6.45, 7) is 2.13. The first-order valence-electron chi connectivity index (χ1n) is 3.50. The van der Waals surface area contributed by atoms with Crippen molar-refractivity contribution in [1.29, 1.82) is 0 Å². The second-order valence-electron chi connectivity index (χ2n) is 2.52. The van der Waals surface area contributed by atoms with Crippen molar-refractivity contribution in [3.63, 3.8) is 0 Å². The highest BCUT2D eigenvalue weighted by Gasteiger charge is 2.21. The van der Waals surface area contributed by atoms with Gasteiger partial charge in [0.15, 0.2) is 0 Å². The van der Waals surface area contributed by atoms with Crippen molar-refractivity contribution >= 4 is 6.29 Å². The summed E-state index contributed by atoms with van der Waals surface area (Å²) in [4.78, 5) is 10.1. The molecule has 0 spiro atoms. The van der Waals surface area contributed by atoms with Crippen molar-refractivity contribution in [3.05, 3.63) is 0 Å². The molecule has 2 nitrogen and oxygen atoms in total. The third-order valence-corrected chi connectivity index (χ3v) is 1.88. The third kappa shape index (κ3) is 1.52. The zero-order valence-corrected chi connectivity index (χ0v) is 5.68. The van der Waals surface area contributed by atoms with Crippen LogP contribution in [-0.2, 0) is 4.79 Å². The smallest absolute Gasteiger partial charge is 0.216 e. The molecule has 1 aliphatic rings. The van der Waals surface area contributed by atoms with Gasteiger partial charge in [-0.1, -0.05) is 6.92 Å². The van der Waals surface area contributed by atoms with E-state index in [9.17, 15) is 4.79 Å². The molecule has 9 heavy (non-hydrogen) atoms. The van der Waals surface area contributed by atoms with Gasteiger partial charge in [-0.3, -0.25) is 4.79 Å². The van der Waals surface area contributed by atoms with Gasteiger partial charge < -0.3 is 5.32 Å². The Morgan fingerprint density at radius 3 is 2.78 bits per heavy atom. The minimum Gasteiger partial charge on any atom is -0.304 e. The fourth-order valence-corrected chi connectivity index (χ4v) is 1.23. The highest BCUT2D eigenvalue weighted by Crippen LogP contribution is 2.12. The molecule has 2 unspecified atom stereocenters. The van der Waals surface area contributed by atoms with Gasteiger partial charge in [-0.05, 0) is 19.3 Å². The average Bonchev–Trinajstić information content (AvgIpc) is 2.34. The van der Waals surface area contributed by atoms with Gasteiger partial charge >= 0.3 is 0 Å².